The van der Waals surface area contributed by atoms with Crippen LogP contribution in [0, 0.1) is 0 Å². The minimum atomic E-state index is 0.775. The third-order valence-corrected chi connectivity index (χ3v) is 3.79. The first-order valence-corrected chi connectivity index (χ1v) is 5.69. The van der Waals surface area contributed by atoms with Crippen LogP contribution in [0.3, 0.4) is 0 Å². The fourth-order valence-corrected chi connectivity index (χ4v) is 2.40. The molecule has 1 aromatic carbocycles. The Bertz CT molecular complexity index is 351. The highest BCUT2D eigenvalue weighted by Crippen LogP contribution is 2.29. The molecule has 0 bridgehead atoms. The van der Waals surface area contributed by atoms with Gasteiger partial charge in [0.15, 0.2) is 0 Å². The molecule has 1 aliphatic heterocycles. The van der Waals surface area contributed by atoms with Crippen LogP contribution in [0.4, 0.5) is 0 Å². The predicted molar refractivity (Wildman–Crippen MR) is 63.6 cm³/mol. The Labute approximate surface area is 95.5 Å². The van der Waals surface area contributed by atoms with Crippen LogP contribution < -0.4 is 0 Å². The van der Waals surface area contributed by atoms with E-state index in [4.69, 9.17) is 11.6 Å². The summed E-state index contributed by atoms with van der Waals surface area (Å²) in [5, 5.41) is 0.775. The average molecular weight is 228 g/mol. The third-order valence-electron chi connectivity index (χ3n) is 2.84. The van der Waals surface area contributed by atoms with Gasteiger partial charge in [-0.1, -0.05) is 17.7 Å². The number of benzene rings is 1. The molecule has 1 nitrogen and oxygen atoms in total. The molecule has 0 aliphatic carbocycles. The van der Waals surface area contributed by atoms with E-state index in [-0.39, 0.29) is 0 Å². The molecule has 14 heavy (non-hydrogen) atoms. The lowest BCUT2D eigenvalue weighted by Gasteiger charge is -2.11. The molecule has 0 spiro atoms. The van der Waals surface area contributed by atoms with Crippen molar-refractivity contribution < 1.29 is 0 Å². The van der Waals surface area contributed by atoms with Crippen molar-refractivity contribution in [2.75, 3.05) is 20.1 Å². The molecule has 0 saturated carbocycles. The number of hydrogen-bond acceptors (Lipinski definition) is 2. The maximum Gasteiger partial charge on any atom is 0.0542 e. The van der Waals surface area contributed by atoms with Crippen molar-refractivity contribution in [2.24, 2.45) is 0 Å². The van der Waals surface area contributed by atoms with E-state index in [1.165, 1.54) is 11.1 Å². The first kappa shape index (κ1) is 10.3. The standard InChI is InChI=1S/C11H14ClNS/c1-13-6-4-8-2-3-10(12)11(14)9(8)5-7-13/h2-3,14H,4-7H2,1H3. The second kappa shape index (κ2) is 4.13. The second-order valence-corrected chi connectivity index (χ2v) is 4.69. The molecule has 0 radical (unpaired) electrons. The monoisotopic (exact) mass is 227 g/mol. The van der Waals surface area contributed by atoms with Gasteiger partial charge in [-0.05, 0) is 37.1 Å². The summed E-state index contributed by atoms with van der Waals surface area (Å²) in [6, 6.07) is 4.09. The largest absolute Gasteiger partial charge is 0.306 e. The van der Waals surface area contributed by atoms with Crippen molar-refractivity contribution in [3.8, 4) is 0 Å². The Hall–Kier alpha value is -0.180. The minimum absolute atomic E-state index is 0.775. The zero-order valence-electron chi connectivity index (χ0n) is 8.26. The number of fused-ring (bicyclic) bond motifs is 1. The quantitative estimate of drug-likeness (QED) is 0.667. The van der Waals surface area contributed by atoms with E-state index in [1.807, 2.05) is 6.07 Å². The molecule has 3 heteroatoms. The Morgan fingerprint density at radius 2 is 2.00 bits per heavy atom. The highest BCUT2D eigenvalue weighted by molar-refractivity contribution is 7.80. The van der Waals surface area contributed by atoms with Gasteiger partial charge in [0.2, 0.25) is 0 Å². The lowest BCUT2D eigenvalue weighted by Crippen LogP contribution is -2.20. The van der Waals surface area contributed by atoms with Crippen molar-refractivity contribution >= 4 is 24.2 Å². The highest BCUT2D eigenvalue weighted by atomic mass is 35.5. The molecule has 2 rings (SSSR count). The third kappa shape index (κ3) is 1.92. The molecule has 1 aliphatic rings. The van der Waals surface area contributed by atoms with Gasteiger partial charge in [0.05, 0.1) is 5.02 Å². The first-order chi connectivity index (χ1) is 6.68. The van der Waals surface area contributed by atoms with Crippen LogP contribution in [0.1, 0.15) is 11.1 Å². The zero-order valence-corrected chi connectivity index (χ0v) is 9.91. The van der Waals surface area contributed by atoms with Gasteiger partial charge in [0.25, 0.3) is 0 Å². The fourth-order valence-electron chi connectivity index (χ4n) is 1.89. The normalized spacial score (nSPS) is 17.6. The molecule has 0 aromatic heterocycles. The Morgan fingerprint density at radius 3 is 2.79 bits per heavy atom. The molecule has 0 saturated heterocycles. The summed E-state index contributed by atoms with van der Waals surface area (Å²) in [6.45, 7) is 2.22. The van der Waals surface area contributed by atoms with Crippen LogP contribution in [-0.4, -0.2) is 25.0 Å². The van der Waals surface area contributed by atoms with Crippen molar-refractivity contribution in [3.05, 3.63) is 28.3 Å². The lowest BCUT2D eigenvalue weighted by atomic mass is 10.0. The van der Waals surface area contributed by atoms with Gasteiger partial charge < -0.3 is 4.90 Å². The Balaban J connectivity index is 2.41. The Morgan fingerprint density at radius 1 is 1.29 bits per heavy atom. The number of thiol groups is 1. The highest BCUT2D eigenvalue weighted by Gasteiger charge is 2.14. The van der Waals surface area contributed by atoms with Gasteiger partial charge in [-0.2, -0.15) is 0 Å². The number of nitrogens with zero attached hydrogens (tertiary/aromatic N) is 1. The van der Waals surface area contributed by atoms with Gasteiger partial charge in [0.1, 0.15) is 0 Å². The SMILES string of the molecule is CN1CCc2ccc(Cl)c(S)c2CC1. The molecule has 0 atom stereocenters. The van der Waals surface area contributed by atoms with Crippen LogP contribution in [0.25, 0.3) is 0 Å². The Kier molecular flexibility index (Phi) is 3.05. The number of likely N-dealkylation sites (N-methyl/N-ethyl adjacent to an activating group) is 1. The van der Waals surface area contributed by atoms with Crippen LogP contribution in [0.2, 0.25) is 5.02 Å². The molecule has 1 heterocycles. The number of rotatable bonds is 0. The molecule has 1 aromatic rings. The zero-order chi connectivity index (χ0) is 10.1. The van der Waals surface area contributed by atoms with Crippen LogP contribution in [0.5, 0.6) is 0 Å². The van der Waals surface area contributed by atoms with Crippen molar-refractivity contribution in [1.29, 1.82) is 0 Å². The van der Waals surface area contributed by atoms with Crippen LogP contribution >= 0.6 is 24.2 Å². The lowest BCUT2D eigenvalue weighted by molar-refractivity contribution is 0.352. The predicted octanol–water partition coefficient (Wildman–Crippen LogP) is 2.66. The molecular formula is C11H14ClNS. The van der Waals surface area contributed by atoms with Crippen LogP contribution in [0.15, 0.2) is 17.0 Å². The smallest absolute Gasteiger partial charge is 0.0542 e. The summed E-state index contributed by atoms with van der Waals surface area (Å²) in [4.78, 5) is 3.32. The van der Waals surface area contributed by atoms with Gasteiger partial charge in [-0.15, -0.1) is 12.6 Å². The maximum absolute atomic E-state index is 6.05. The van der Waals surface area contributed by atoms with Crippen molar-refractivity contribution in [2.45, 2.75) is 17.7 Å². The van der Waals surface area contributed by atoms with Crippen molar-refractivity contribution in [3.63, 3.8) is 0 Å². The second-order valence-electron chi connectivity index (χ2n) is 3.84. The fraction of sp³-hybridized carbons (Fsp3) is 0.455. The summed E-state index contributed by atoms with van der Waals surface area (Å²) < 4.78 is 0. The van der Waals surface area contributed by atoms with Gasteiger partial charge in [0, 0.05) is 18.0 Å². The van der Waals surface area contributed by atoms with E-state index >= 15 is 0 Å². The molecular weight excluding hydrogens is 214 g/mol. The molecule has 0 fully saturated rings. The van der Waals surface area contributed by atoms with Crippen LogP contribution in [-0.2, 0) is 12.8 Å². The van der Waals surface area contributed by atoms with Gasteiger partial charge in [-0.3, -0.25) is 0 Å². The van der Waals surface area contributed by atoms with E-state index in [0.29, 0.717) is 0 Å². The summed E-state index contributed by atoms with van der Waals surface area (Å²) in [5.74, 6) is 0. The number of halogens is 1. The van der Waals surface area contributed by atoms with E-state index in [1.54, 1.807) is 0 Å². The van der Waals surface area contributed by atoms with E-state index in [0.717, 1.165) is 35.8 Å². The molecule has 0 unspecified atom stereocenters. The van der Waals surface area contributed by atoms with E-state index in [2.05, 4.69) is 30.6 Å². The average Bonchev–Trinajstić information content (AvgIpc) is 2.35. The van der Waals surface area contributed by atoms with Crippen molar-refractivity contribution in [1.82, 2.24) is 4.90 Å². The van der Waals surface area contributed by atoms with Gasteiger partial charge in [-0.25, -0.2) is 0 Å². The topological polar surface area (TPSA) is 3.24 Å². The molecule has 0 amide bonds. The molecule has 76 valence electrons. The number of hydrogen-bond donors (Lipinski definition) is 1. The molecule has 0 N–H and O–H groups in total. The minimum Gasteiger partial charge on any atom is -0.306 e. The first-order valence-electron chi connectivity index (χ1n) is 4.86. The summed E-state index contributed by atoms with van der Waals surface area (Å²) in [5.41, 5.74) is 2.74. The summed E-state index contributed by atoms with van der Waals surface area (Å²) >= 11 is 10.5. The summed E-state index contributed by atoms with van der Waals surface area (Å²) in [6.07, 6.45) is 2.17. The summed E-state index contributed by atoms with van der Waals surface area (Å²) in [7, 11) is 2.16. The van der Waals surface area contributed by atoms with Gasteiger partial charge >= 0.3 is 0 Å². The van der Waals surface area contributed by atoms with E-state index < -0.39 is 0 Å². The van der Waals surface area contributed by atoms with E-state index in [9.17, 15) is 0 Å². The maximum atomic E-state index is 6.05.